The number of nitrogens with zero attached hydrogens (tertiary/aromatic N) is 1. The predicted molar refractivity (Wildman–Crippen MR) is 55.1 cm³/mol. The third-order valence-electron chi connectivity index (χ3n) is 1.19. The molecule has 0 aromatic carbocycles. The SMILES string of the molecule is [2H]C1([2H])OC([2H])([2H])C([2H])([2H])N(c2cc(Br)cs2)C1([2H])[2H]. The van der Waals surface area contributed by atoms with Crippen molar-refractivity contribution in [1.29, 1.82) is 0 Å². The van der Waals surface area contributed by atoms with Crippen LogP contribution in [0.3, 0.4) is 0 Å². The minimum atomic E-state index is -3.02. The van der Waals surface area contributed by atoms with Crippen LogP contribution in [0.25, 0.3) is 0 Å². The molecule has 0 radical (unpaired) electrons. The molecule has 4 heteroatoms. The Morgan fingerprint density at radius 2 is 2.33 bits per heavy atom. The van der Waals surface area contributed by atoms with Crippen LogP contribution in [-0.4, -0.2) is 26.1 Å². The van der Waals surface area contributed by atoms with Crippen LogP contribution in [-0.2, 0) is 4.74 Å². The maximum atomic E-state index is 7.84. The summed E-state index contributed by atoms with van der Waals surface area (Å²) in [5, 5.41) is 1.63. The van der Waals surface area contributed by atoms with E-state index in [0.29, 0.717) is 9.37 Å². The number of ether oxygens (including phenoxy) is 1. The average Bonchev–Trinajstić information content (AvgIpc) is 2.60. The van der Waals surface area contributed by atoms with Crippen LogP contribution in [0.15, 0.2) is 15.9 Å². The van der Waals surface area contributed by atoms with Crippen LogP contribution in [0.2, 0.25) is 0 Å². The summed E-state index contributed by atoms with van der Waals surface area (Å²) in [4.78, 5) is 0.457. The fourth-order valence-electron chi connectivity index (χ4n) is 0.721. The molecular weight excluding hydrogens is 238 g/mol. The lowest BCUT2D eigenvalue weighted by atomic mass is 10.4. The summed E-state index contributed by atoms with van der Waals surface area (Å²) in [6.45, 7) is -11.8. The van der Waals surface area contributed by atoms with Crippen molar-refractivity contribution in [2.75, 3.05) is 31.0 Å². The number of hydrogen-bond donors (Lipinski definition) is 0. The van der Waals surface area contributed by atoms with Gasteiger partial charge in [0.15, 0.2) is 0 Å². The molecule has 0 saturated carbocycles. The minimum Gasteiger partial charge on any atom is -0.378 e. The normalized spacial score (nSPS) is 44.9. The number of anilines is 1. The summed E-state index contributed by atoms with van der Waals surface area (Å²) in [5.41, 5.74) is 0. The maximum absolute atomic E-state index is 7.84. The lowest BCUT2D eigenvalue weighted by Crippen LogP contribution is -2.35. The Kier molecular flexibility index (Phi) is 1.02. The standard InChI is InChI=1S/C8H10BrNOS/c9-7-5-8(12-6-7)10-1-3-11-4-2-10/h5-6H,1-4H2/i1D2,2D2,3D2,4D2. The van der Waals surface area contributed by atoms with Crippen molar-refractivity contribution < 1.29 is 15.7 Å². The Morgan fingerprint density at radius 1 is 1.58 bits per heavy atom. The molecule has 0 bridgehead atoms. The number of morpholine rings is 1. The summed E-state index contributed by atoms with van der Waals surface area (Å²) in [6.07, 6.45) is 0. The van der Waals surface area contributed by atoms with E-state index >= 15 is 0 Å². The number of thiophene rings is 1. The summed E-state index contributed by atoms with van der Waals surface area (Å²) >= 11 is 4.12. The molecule has 0 amide bonds. The first-order valence-corrected chi connectivity index (χ1v) is 4.75. The van der Waals surface area contributed by atoms with Gasteiger partial charge in [-0.15, -0.1) is 11.3 Å². The highest BCUT2D eigenvalue weighted by molar-refractivity contribution is 9.10. The van der Waals surface area contributed by atoms with Crippen LogP contribution in [0.5, 0.6) is 0 Å². The van der Waals surface area contributed by atoms with Crippen molar-refractivity contribution in [2.45, 2.75) is 0 Å². The second-order valence-electron chi connectivity index (χ2n) is 1.97. The minimum absolute atomic E-state index is 0.0583. The van der Waals surface area contributed by atoms with Gasteiger partial charge in [0.05, 0.1) is 29.1 Å². The second kappa shape index (κ2) is 3.77. The van der Waals surface area contributed by atoms with Crippen LogP contribution >= 0.6 is 27.3 Å². The smallest absolute Gasteiger partial charge is 0.0921 e. The van der Waals surface area contributed by atoms with E-state index in [1.54, 1.807) is 5.38 Å². The monoisotopic (exact) mass is 255 g/mol. The molecule has 2 heterocycles. The van der Waals surface area contributed by atoms with Gasteiger partial charge in [0.25, 0.3) is 0 Å². The molecule has 0 atom stereocenters. The van der Waals surface area contributed by atoms with Gasteiger partial charge in [0, 0.05) is 22.8 Å². The molecule has 0 unspecified atom stereocenters. The van der Waals surface area contributed by atoms with Gasteiger partial charge < -0.3 is 9.64 Å². The molecule has 1 aliphatic rings. The van der Waals surface area contributed by atoms with Gasteiger partial charge in [0.1, 0.15) is 0 Å². The molecule has 66 valence electrons. The molecule has 1 fully saturated rings. The summed E-state index contributed by atoms with van der Waals surface area (Å²) in [7, 11) is 0. The first-order valence-electron chi connectivity index (χ1n) is 7.07. The third-order valence-corrected chi connectivity index (χ3v) is 2.87. The summed E-state index contributed by atoms with van der Waals surface area (Å²) < 4.78 is 66.6. The van der Waals surface area contributed by atoms with Crippen molar-refractivity contribution in [3.8, 4) is 0 Å². The Labute approximate surface area is 95.5 Å². The molecule has 1 aromatic rings. The van der Waals surface area contributed by atoms with E-state index in [1.165, 1.54) is 6.07 Å². The average molecular weight is 256 g/mol. The molecule has 1 saturated heterocycles. The number of halogens is 1. The van der Waals surface area contributed by atoms with E-state index in [2.05, 4.69) is 20.7 Å². The maximum Gasteiger partial charge on any atom is 0.0921 e. The van der Waals surface area contributed by atoms with Crippen molar-refractivity contribution >= 4 is 32.3 Å². The van der Waals surface area contributed by atoms with Gasteiger partial charge in [-0.2, -0.15) is 0 Å². The van der Waals surface area contributed by atoms with Crippen LogP contribution in [0.4, 0.5) is 5.00 Å². The van der Waals surface area contributed by atoms with Crippen molar-refractivity contribution in [2.24, 2.45) is 0 Å². The highest BCUT2D eigenvalue weighted by atomic mass is 79.9. The van der Waals surface area contributed by atoms with Crippen molar-refractivity contribution in [3.05, 3.63) is 15.9 Å². The molecule has 1 aromatic heterocycles. The van der Waals surface area contributed by atoms with Crippen LogP contribution in [0.1, 0.15) is 11.0 Å². The highest BCUT2D eigenvalue weighted by Gasteiger charge is 2.12. The predicted octanol–water partition coefficient (Wildman–Crippen LogP) is 2.35. The Hall–Kier alpha value is -0.0600. The lowest BCUT2D eigenvalue weighted by molar-refractivity contribution is 0.123. The number of rotatable bonds is 1. The molecule has 12 heavy (non-hydrogen) atoms. The Balaban J connectivity index is 2.64. The van der Waals surface area contributed by atoms with E-state index in [4.69, 9.17) is 11.0 Å². The fourth-order valence-corrected chi connectivity index (χ4v) is 2.06. The van der Waals surface area contributed by atoms with Gasteiger partial charge in [0.2, 0.25) is 0 Å². The first kappa shape index (κ1) is 3.26. The van der Waals surface area contributed by atoms with Crippen molar-refractivity contribution in [1.82, 2.24) is 0 Å². The zero-order valence-electron chi connectivity index (χ0n) is 13.8. The first-order chi connectivity index (χ1) is 8.83. The topological polar surface area (TPSA) is 12.5 Å². The number of hydrogen-bond acceptors (Lipinski definition) is 3. The molecule has 2 nitrogen and oxygen atoms in total. The molecule has 1 aliphatic heterocycles. The quantitative estimate of drug-likeness (QED) is 0.764. The Morgan fingerprint density at radius 3 is 2.92 bits per heavy atom. The molecule has 0 N–H and O–H groups in total. The van der Waals surface area contributed by atoms with Gasteiger partial charge in [-0.1, -0.05) is 0 Å². The van der Waals surface area contributed by atoms with E-state index in [1.807, 2.05) is 0 Å². The largest absolute Gasteiger partial charge is 0.378 e. The van der Waals surface area contributed by atoms with Gasteiger partial charge in [-0.3, -0.25) is 0 Å². The van der Waals surface area contributed by atoms with E-state index in [-0.39, 0.29) is 5.00 Å². The molecule has 0 spiro atoms. The zero-order chi connectivity index (χ0) is 15.6. The summed E-state index contributed by atoms with van der Waals surface area (Å²) in [5.74, 6) is 0. The molecule has 0 aliphatic carbocycles. The van der Waals surface area contributed by atoms with Gasteiger partial charge in [-0.25, -0.2) is 0 Å². The third kappa shape index (κ3) is 1.81. The zero-order valence-corrected chi connectivity index (χ0v) is 8.20. The second-order valence-corrected chi connectivity index (χ2v) is 3.77. The van der Waals surface area contributed by atoms with E-state index in [0.717, 1.165) is 11.3 Å². The van der Waals surface area contributed by atoms with Gasteiger partial charge in [-0.05, 0) is 22.0 Å². The Bertz CT molecular complexity index is 506. The summed E-state index contributed by atoms with van der Waals surface area (Å²) in [6, 6.07) is 1.40. The van der Waals surface area contributed by atoms with Crippen molar-refractivity contribution in [3.63, 3.8) is 0 Å². The molecule has 2 rings (SSSR count). The molecular formula is C8H10BrNOS. The lowest BCUT2D eigenvalue weighted by Gasteiger charge is -2.27. The van der Waals surface area contributed by atoms with Crippen LogP contribution in [0, 0.1) is 0 Å². The highest BCUT2D eigenvalue weighted by Crippen LogP contribution is 2.28. The fraction of sp³-hybridized carbons (Fsp3) is 0.500. The van der Waals surface area contributed by atoms with E-state index in [9.17, 15) is 0 Å². The van der Waals surface area contributed by atoms with Crippen LogP contribution < -0.4 is 4.90 Å². The van der Waals surface area contributed by atoms with Gasteiger partial charge >= 0.3 is 0 Å². The van der Waals surface area contributed by atoms with E-state index < -0.39 is 26.1 Å².